The van der Waals surface area contributed by atoms with Crippen LogP contribution in [0.5, 0.6) is 0 Å². The minimum absolute atomic E-state index is 0. The van der Waals surface area contributed by atoms with Gasteiger partial charge in [-0.3, -0.25) is 0 Å². The monoisotopic (exact) mass is 120 g/mol. The molecule has 0 aliphatic carbocycles. The average molecular weight is 120 g/mol. The van der Waals surface area contributed by atoms with Gasteiger partial charge in [-0.25, -0.2) is 8.42 Å². The Labute approximate surface area is 50.4 Å². The van der Waals surface area contributed by atoms with Crippen LogP contribution >= 0.6 is 8.44 Å². The van der Waals surface area contributed by atoms with Crippen molar-refractivity contribution in [2.24, 2.45) is 0 Å². The zero-order chi connectivity index (χ0) is 4.50. The zero-order valence-electron chi connectivity index (χ0n) is 3.21. The van der Waals surface area contributed by atoms with Crippen LogP contribution in [0.1, 0.15) is 0 Å². The molecule has 0 spiro atoms. The Balaban J connectivity index is 0. The SMILES string of the molecule is O=S(=O)([O-])P.[Li+]. The maximum atomic E-state index is 9.04. The van der Waals surface area contributed by atoms with Gasteiger partial charge in [0.2, 0.25) is 0 Å². The summed E-state index contributed by atoms with van der Waals surface area (Å²) >= 11 is 0. The van der Waals surface area contributed by atoms with Crippen molar-refractivity contribution < 1.29 is 31.8 Å². The van der Waals surface area contributed by atoms with Crippen LogP contribution in [0.4, 0.5) is 0 Å². The normalized spacial score (nSPS) is 9.67. The largest absolute Gasteiger partial charge is 1.00 e. The fourth-order valence-electron chi connectivity index (χ4n) is 0. The van der Waals surface area contributed by atoms with Crippen molar-refractivity contribution >= 4 is 18.2 Å². The van der Waals surface area contributed by atoms with Crippen molar-refractivity contribution in [2.75, 3.05) is 0 Å². The van der Waals surface area contributed by atoms with Gasteiger partial charge in [-0.2, -0.15) is 0 Å². The molecule has 0 saturated carbocycles. The van der Waals surface area contributed by atoms with Crippen LogP contribution in [0, 0.1) is 0 Å². The first kappa shape index (κ1) is 10.0. The second-order valence-electron chi connectivity index (χ2n) is 0.493. The molecule has 0 N–H and O–H groups in total. The molecule has 0 aromatic rings. The van der Waals surface area contributed by atoms with Crippen molar-refractivity contribution in [2.45, 2.75) is 0 Å². The van der Waals surface area contributed by atoms with E-state index in [0.29, 0.717) is 0 Å². The minimum Gasteiger partial charge on any atom is -0.745 e. The van der Waals surface area contributed by atoms with Gasteiger partial charge in [0.1, 0.15) is 9.74 Å². The Morgan fingerprint density at radius 1 is 1.50 bits per heavy atom. The summed E-state index contributed by atoms with van der Waals surface area (Å²) in [6.45, 7) is 0. The van der Waals surface area contributed by atoms with Gasteiger partial charge in [0.05, 0.1) is 0 Å². The summed E-state index contributed by atoms with van der Waals surface area (Å²) in [6, 6.07) is 0. The molecule has 0 amide bonds. The van der Waals surface area contributed by atoms with Crippen LogP contribution in [-0.2, 0) is 9.74 Å². The quantitative estimate of drug-likeness (QED) is 0.188. The fraction of sp³-hybridized carbons (Fsp3) is 0. The Morgan fingerprint density at radius 3 is 1.50 bits per heavy atom. The van der Waals surface area contributed by atoms with Gasteiger partial charge in [0.25, 0.3) is 0 Å². The summed E-state index contributed by atoms with van der Waals surface area (Å²) in [5.74, 6) is 0. The summed E-state index contributed by atoms with van der Waals surface area (Å²) in [6.07, 6.45) is 0. The molecule has 3 nitrogen and oxygen atoms in total. The second-order valence-corrected chi connectivity index (χ2v) is 3.21. The van der Waals surface area contributed by atoms with Crippen molar-refractivity contribution in [3.63, 3.8) is 0 Å². The van der Waals surface area contributed by atoms with E-state index >= 15 is 0 Å². The van der Waals surface area contributed by atoms with E-state index in [2.05, 4.69) is 0 Å². The smallest absolute Gasteiger partial charge is 0.745 e. The molecule has 0 rings (SSSR count). The summed E-state index contributed by atoms with van der Waals surface area (Å²) in [7, 11) is -2.87. The van der Waals surface area contributed by atoms with E-state index in [1.807, 2.05) is 0 Å². The molecule has 0 bridgehead atoms. The predicted octanol–water partition coefficient (Wildman–Crippen LogP) is -3.67. The van der Waals surface area contributed by atoms with E-state index < -0.39 is 9.74 Å². The molecular weight excluding hydrogens is 118 g/mol. The average Bonchev–Trinajstić information content (AvgIpc) is 0.722. The minimum atomic E-state index is -4.00. The van der Waals surface area contributed by atoms with Gasteiger partial charge >= 0.3 is 18.9 Å². The maximum Gasteiger partial charge on any atom is 1.00 e. The van der Waals surface area contributed by atoms with E-state index in [1.54, 1.807) is 0 Å². The van der Waals surface area contributed by atoms with Gasteiger partial charge in [-0.15, -0.1) is 0 Å². The van der Waals surface area contributed by atoms with E-state index in [9.17, 15) is 0 Å². The number of rotatable bonds is 0. The van der Waals surface area contributed by atoms with Crippen molar-refractivity contribution in [1.29, 1.82) is 0 Å². The first-order valence-electron chi connectivity index (χ1n) is 0.736. The van der Waals surface area contributed by atoms with Crippen molar-refractivity contribution in [1.82, 2.24) is 0 Å². The number of hydrogen-bond acceptors (Lipinski definition) is 3. The molecule has 0 aliphatic heterocycles. The van der Waals surface area contributed by atoms with Crippen molar-refractivity contribution in [3.05, 3.63) is 0 Å². The van der Waals surface area contributed by atoms with Crippen LogP contribution in [0.2, 0.25) is 0 Å². The fourth-order valence-corrected chi connectivity index (χ4v) is 0. The molecule has 0 radical (unpaired) electrons. The molecule has 6 heavy (non-hydrogen) atoms. The first-order chi connectivity index (χ1) is 2.00. The third kappa shape index (κ3) is 87.1. The van der Waals surface area contributed by atoms with E-state index in [4.69, 9.17) is 13.0 Å². The van der Waals surface area contributed by atoms with E-state index in [0.717, 1.165) is 8.44 Å². The second kappa shape index (κ2) is 3.01. The van der Waals surface area contributed by atoms with Gasteiger partial charge in [-0.05, 0) is 8.44 Å². The van der Waals surface area contributed by atoms with E-state index in [1.165, 1.54) is 0 Å². The molecule has 1 atom stereocenters. The predicted molar refractivity (Wildman–Crippen MR) is 19.4 cm³/mol. The molecule has 0 heterocycles. The summed E-state index contributed by atoms with van der Waals surface area (Å²) in [5, 5.41) is 0. The van der Waals surface area contributed by atoms with Crippen molar-refractivity contribution in [3.8, 4) is 0 Å². The third-order valence-corrected chi connectivity index (χ3v) is 0. The van der Waals surface area contributed by atoms with Crippen LogP contribution in [-0.4, -0.2) is 13.0 Å². The molecule has 6 heteroatoms. The van der Waals surface area contributed by atoms with Gasteiger partial charge < -0.3 is 4.55 Å². The van der Waals surface area contributed by atoms with Gasteiger partial charge in [-0.1, -0.05) is 0 Å². The van der Waals surface area contributed by atoms with Crippen LogP contribution in [0.25, 0.3) is 0 Å². The molecule has 32 valence electrons. The molecule has 0 aromatic carbocycles. The molecule has 0 aromatic heterocycles. The summed E-state index contributed by atoms with van der Waals surface area (Å²) in [4.78, 5) is 0. The van der Waals surface area contributed by atoms with Crippen LogP contribution in [0.3, 0.4) is 0 Å². The Hall–Kier alpha value is 0.937. The molecule has 0 aliphatic rings. The van der Waals surface area contributed by atoms with E-state index in [-0.39, 0.29) is 18.9 Å². The molecular formula is H2LiO3PS. The van der Waals surface area contributed by atoms with Gasteiger partial charge in [0, 0.05) is 0 Å². The molecule has 1 unspecified atom stereocenters. The third-order valence-electron chi connectivity index (χ3n) is 0. The van der Waals surface area contributed by atoms with Crippen LogP contribution < -0.4 is 18.9 Å². The molecule has 0 fully saturated rings. The number of hydrogen-bond donors (Lipinski definition) is 0. The molecule has 0 saturated heterocycles. The summed E-state index contributed by atoms with van der Waals surface area (Å²) in [5.41, 5.74) is 0. The Kier molecular flexibility index (Phi) is 5.03. The zero-order valence-corrected chi connectivity index (χ0v) is 5.18. The Morgan fingerprint density at radius 2 is 1.50 bits per heavy atom. The van der Waals surface area contributed by atoms with Gasteiger partial charge in [0.15, 0.2) is 0 Å². The Bertz CT molecular complexity index is 94.0. The topological polar surface area (TPSA) is 57.2 Å². The summed E-state index contributed by atoms with van der Waals surface area (Å²) < 4.78 is 27.1. The standard InChI is InChI=1S/Li.H3O3PS/c;1-5(2,3)4/h;4H2,(H,1,2,3)/q+1;/p-1. The van der Waals surface area contributed by atoms with Crippen LogP contribution in [0.15, 0.2) is 0 Å². The first-order valence-corrected chi connectivity index (χ1v) is 3.62. The maximum absolute atomic E-state index is 9.04.